The number of rotatable bonds is 9. The monoisotopic (exact) mass is 418 g/mol. The van der Waals surface area contributed by atoms with Crippen molar-refractivity contribution in [2.45, 2.75) is 13.0 Å². The van der Waals surface area contributed by atoms with Gasteiger partial charge in [0.05, 0.1) is 14.2 Å². The summed E-state index contributed by atoms with van der Waals surface area (Å²) in [7, 11) is 3.19. The van der Waals surface area contributed by atoms with Crippen molar-refractivity contribution in [3.63, 3.8) is 0 Å². The van der Waals surface area contributed by atoms with Crippen LogP contribution in [0.15, 0.2) is 72.8 Å². The third-order valence-corrected chi connectivity index (χ3v) is 4.85. The lowest BCUT2D eigenvalue weighted by atomic mass is 10.1. The molecule has 0 spiro atoms. The van der Waals surface area contributed by atoms with Gasteiger partial charge >= 0.3 is 0 Å². The minimum Gasteiger partial charge on any atom is -0.493 e. The fourth-order valence-corrected chi connectivity index (χ4v) is 3.11. The van der Waals surface area contributed by atoms with Gasteiger partial charge in [0.15, 0.2) is 11.5 Å². The molecule has 0 saturated carbocycles. The number of nitrogens with one attached hydrogen (secondary N) is 2. The molecule has 3 aromatic rings. The zero-order chi connectivity index (χ0) is 22.1. The fourth-order valence-electron chi connectivity index (χ4n) is 3.11. The van der Waals surface area contributed by atoms with Gasteiger partial charge in [0, 0.05) is 24.2 Å². The molecule has 0 saturated heterocycles. The Hall–Kier alpha value is -3.80. The first-order chi connectivity index (χ1) is 15.1. The van der Waals surface area contributed by atoms with Crippen LogP contribution >= 0.6 is 0 Å². The molecule has 3 rings (SSSR count). The lowest BCUT2D eigenvalue weighted by molar-refractivity contribution is 0.0943. The van der Waals surface area contributed by atoms with Crippen LogP contribution in [0.25, 0.3) is 0 Å². The molecular weight excluding hydrogens is 392 g/mol. The molecule has 0 heterocycles. The predicted molar refractivity (Wildman–Crippen MR) is 120 cm³/mol. The van der Waals surface area contributed by atoms with E-state index in [2.05, 4.69) is 10.6 Å². The van der Waals surface area contributed by atoms with Gasteiger partial charge < -0.3 is 20.1 Å². The first-order valence-corrected chi connectivity index (χ1v) is 10.0. The average molecular weight is 418 g/mol. The van der Waals surface area contributed by atoms with Crippen molar-refractivity contribution in [3.8, 4) is 11.5 Å². The van der Waals surface area contributed by atoms with Crippen LogP contribution in [0.1, 0.15) is 31.8 Å². The van der Waals surface area contributed by atoms with E-state index in [0.717, 1.165) is 11.1 Å². The predicted octanol–water partition coefficient (Wildman–Crippen LogP) is 3.61. The molecule has 3 aromatic carbocycles. The van der Waals surface area contributed by atoms with E-state index in [4.69, 9.17) is 9.47 Å². The van der Waals surface area contributed by atoms with Gasteiger partial charge in [-0.15, -0.1) is 0 Å². The smallest absolute Gasteiger partial charge is 0.251 e. The van der Waals surface area contributed by atoms with Gasteiger partial charge in [-0.3, -0.25) is 9.59 Å². The van der Waals surface area contributed by atoms with Crippen molar-refractivity contribution in [1.29, 1.82) is 0 Å². The molecule has 0 bridgehead atoms. The number of hydrogen-bond acceptors (Lipinski definition) is 4. The maximum absolute atomic E-state index is 12.4. The zero-order valence-electron chi connectivity index (χ0n) is 17.7. The van der Waals surface area contributed by atoms with Crippen LogP contribution in [-0.4, -0.2) is 32.6 Å². The van der Waals surface area contributed by atoms with Crippen molar-refractivity contribution >= 4 is 11.8 Å². The summed E-state index contributed by atoms with van der Waals surface area (Å²) >= 11 is 0. The van der Waals surface area contributed by atoms with Crippen LogP contribution in [0.3, 0.4) is 0 Å². The van der Waals surface area contributed by atoms with Gasteiger partial charge in [-0.25, -0.2) is 0 Å². The van der Waals surface area contributed by atoms with Crippen LogP contribution in [0, 0.1) is 0 Å². The fraction of sp³-hybridized carbons (Fsp3) is 0.200. The van der Waals surface area contributed by atoms with Gasteiger partial charge in [0.2, 0.25) is 0 Å². The summed E-state index contributed by atoms with van der Waals surface area (Å²) in [5.74, 6) is 1.08. The second kappa shape index (κ2) is 10.8. The molecule has 0 aliphatic rings. The van der Waals surface area contributed by atoms with Crippen LogP contribution in [0.2, 0.25) is 0 Å². The van der Waals surface area contributed by atoms with E-state index >= 15 is 0 Å². The van der Waals surface area contributed by atoms with Gasteiger partial charge in [0.1, 0.15) is 0 Å². The maximum Gasteiger partial charge on any atom is 0.251 e. The zero-order valence-corrected chi connectivity index (χ0v) is 17.7. The molecule has 0 radical (unpaired) electrons. The second-order valence-electron chi connectivity index (χ2n) is 6.94. The van der Waals surface area contributed by atoms with Crippen molar-refractivity contribution in [2.24, 2.45) is 0 Å². The summed E-state index contributed by atoms with van der Waals surface area (Å²) in [6.45, 7) is 0.901. The molecule has 2 amide bonds. The summed E-state index contributed by atoms with van der Waals surface area (Å²) in [4.78, 5) is 24.5. The third kappa shape index (κ3) is 6.09. The standard InChI is InChI=1S/C25H26N2O4/c1-30-22-13-10-18(16-23(22)31-2)14-15-26-24(28)21-11-8-19(9-12-21)17-27-25(29)20-6-4-3-5-7-20/h3-13,16H,14-15,17H2,1-2H3,(H,26,28)(H,27,29). The lowest BCUT2D eigenvalue weighted by Gasteiger charge is -2.10. The Morgan fingerprint density at radius 1 is 0.710 bits per heavy atom. The van der Waals surface area contributed by atoms with Crippen LogP contribution < -0.4 is 20.1 Å². The number of methoxy groups -OCH3 is 2. The van der Waals surface area contributed by atoms with E-state index in [0.29, 0.717) is 42.1 Å². The first-order valence-electron chi connectivity index (χ1n) is 10.0. The first kappa shape index (κ1) is 21.9. The Bertz CT molecular complexity index is 1020. The van der Waals surface area contributed by atoms with Crippen molar-refractivity contribution in [1.82, 2.24) is 10.6 Å². The Morgan fingerprint density at radius 3 is 2.00 bits per heavy atom. The van der Waals surface area contributed by atoms with Crippen molar-refractivity contribution in [2.75, 3.05) is 20.8 Å². The Morgan fingerprint density at radius 2 is 1.32 bits per heavy atom. The molecule has 0 aliphatic carbocycles. The highest BCUT2D eigenvalue weighted by molar-refractivity contribution is 5.94. The van der Waals surface area contributed by atoms with Gasteiger partial charge in [-0.1, -0.05) is 36.4 Å². The summed E-state index contributed by atoms with van der Waals surface area (Å²) in [5.41, 5.74) is 3.16. The molecular formula is C25H26N2O4. The number of carbonyl (C=O) groups excluding carboxylic acids is 2. The highest BCUT2D eigenvalue weighted by atomic mass is 16.5. The number of benzene rings is 3. The van der Waals surface area contributed by atoms with Crippen LogP contribution in [0.4, 0.5) is 0 Å². The number of ether oxygens (including phenoxy) is 2. The minimum absolute atomic E-state index is 0.127. The Labute approximate surface area is 182 Å². The molecule has 0 unspecified atom stereocenters. The molecule has 6 nitrogen and oxygen atoms in total. The molecule has 0 atom stereocenters. The van der Waals surface area contributed by atoms with Gasteiger partial charge in [-0.2, -0.15) is 0 Å². The number of hydrogen-bond donors (Lipinski definition) is 2. The summed E-state index contributed by atoms with van der Waals surface area (Å²) in [6, 6.07) is 22.0. The van der Waals surface area contributed by atoms with E-state index in [1.807, 2.05) is 48.5 Å². The number of amides is 2. The van der Waals surface area contributed by atoms with E-state index in [1.165, 1.54) is 0 Å². The van der Waals surface area contributed by atoms with E-state index in [9.17, 15) is 9.59 Å². The minimum atomic E-state index is -0.139. The molecule has 0 aromatic heterocycles. The van der Waals surface area contributed by atoms with Crippen LogP contribution in [0.5, 0.6) is 11.5 Å². The molecule has 6 heteroatoms. The molecule has 160 valence electrons. The summed E-state index contributed by atoms with van der Waals surface area (Å²) < 4.78 is 10.5. The normalized spacial score (nSPS) is 10.3. The topological polar surface area (TPSA) is 76.7 Å². The summed E-state index contributed by atoms with van der Waals surface area (Å²) in [5, 5.41) is 5.80. The van der Waals surface area contributed by atoms with Gasteiger partial charge in [-0.05, 0) is 53.9 Å². The average Bonchev–Trinajstić information content (AvgIpc) is 2.83. The quantitative estimate of drug-likeness (QED) is 0.557. The van der Waals surface area contributed by atoms with E-state index in [1.54, 1.807) is 38.5 Å². The molecule has 2 N–H and O–H groups in total. The Kier molecular flexibility index (Phi) is 7.65. The van der Waals surface area contributed by atoms with Gasteiger partial charge in [0.25, 0.3) is 11.8 Å². The molecule has 31 heavy (non-hydrogen) atoms. The third-order valence-electron chi connectivity index (χ3n) is 4.85. The number of carbonyl (C=O) groups is 2. The van der Waals surface area contributed by atoms with Crippen molar-refractivity contribution < 1.29 is 19.1 Å². The van der Waals surface area contributed by atoms with E-state index < -0.39 is 0 Å². The summed E-state index contributed by atoms with van der Waals surface area (Å²) in [6.07, 6.45) is 0.676. The van der Waals surface area contributed by atoms with Crippen molar-refractivity contribution in [3.05, 3.63) is 95.1 Å². The Balaban J connectivity index is 1.47. The highest BCUT2D eigenvalue weighted by Crippen LogP contribution is 2.27. The maximum atomic E-state index is 12.4. The van der Waals surface area contributed by atoms with Crippen LogP contribution in [-0.2, 0) is 13.0 Å². The molecule has 0 aliphatic heterocycles. The largest absolute Gasteiger partial charge is 0.493 e. The van der Waals surface area contributed by atoms with E-state index in [-0.39, 0.29) is 11.8 Å². The second-order valence-corrected chi connectivity index (χ2v) is 6.94. The molecule has 0 fully saturated rings. The highest BCUT2D eigenvalue weighted by Gasteiger charge is 2.08. The lowest BCUT2D eigenvalue weighted by Crippen LogP contribution is -2.26. The SMILES string of the molecule is COc1ccc(CCNC(=O)c2ccc(CNC(=O)c3ccccc3)cc2)cc1OC.